The van der Waals surface area contributed by atoms with Crippen molar-refractivity contribution >= 4 is 22.6 Å². The van der Waals surface area contributed by atoms with Crippen LogP contribution in [0.4, 0.5) is 0 Å². The van der Waals surface area contributed by atoms with Gasteiger partial charge >= 0.3 is 0 Å². The minimum Gasteiger partial charge on any atom is -0.304 e. The van der Waals surface area contributed by atoms with Crippen LogP contribution in [-0.4, -0.2) is 20.0 Å². The molecule has 0 atom stereocenters. The highest BCUT2D eigenvalue weighted by molar-refractivity contribution is 7.14. The van der Waals surface area contributed by atoms with Gasteiger partial charge < -0.3 is 4.57 Å². The van der Waals surface area contributed by atoms with Crippen LogP contribution in [-0.2, 0) is 13.0 Å². The number of hydrogen-bond donors (Lipinski definition) is 0. The van der Waals surface area contributed by atoms with Crippen LogP contribution in [0.25, 0.3) is 5.52 Å². The third-order valence-corrected chi connectivity index (χ3v) is 4.41. The lowest BCUT2D eigenvalue weighted by Gasteiger charge is -2.04. The Hall–Kier alpha value is -2.21. The maximum Gasteiger partial charge on any atom is 0.276 e. The molecule has 3 rings (SSSR count). The third kappa shape index (κ3) is 2.18. The SMILES string of the molecule is CCc1ccc(C(=O)Cn2ccn3nccc3c2=O)s1. The lowest BCUT2D eigenvalue weighted by atomic mass is 10.3. The Kier molecular flexibility index (Phi) is 3.23. The van der Waals surface area contributed by atoms with Crippen LogP contribution < -0.4 is 5.56 Å². The summed E-state index contributed by atoms with van der Waals surface area (Å²) in [7, 11) is 0. The van der Waals surface area contributed by atoms with Gasteiger partial charge in [-0.1, -0.05) is 6.92 Å². The van der Waals surface area contributed by atoms with Crippen LogP contribution in [0.1, 0.15) is 21.5 Å². The van der Waals surface area contributed by atoms with Gasteiger partial charge in [-0.15, -0.1) is 11.3 Å². The summed E-state index contributed by atoms with van der Waals surface area (Å²) < 4.78 is 2.92. The molecule has 0 saturated carbocycles. The summed E-state index contributed by atoms with van der Waals surface area (Å²) in [5.41, 5.74) is 0.270. The first kappa shape index (κ1) is 12.8. The molecule has 0 amide bonds. The first-order valence-electron chi connectivity index (χ1n) is 6.33. The molecule has 0 fully saturated rings. The standard InChI is InChI=1S/C14H13N3O2S/c1-2-10-3-4-13(20-10)12(18)9-16-7-8-17-11(14(16)19)5-6-15-17/h3-8H,2,9H2,1H3. The van der Waals surface area contributed by atoms with Gasteiger partial charge in [-0.05, 0) is 24.6 Å². The van der Waals surface area contributed by atoms with E-state index in [9.17, 15) is 9.59 Å². The summed E-state index contributed by atoms with van der Waals surface area (Å²) in [5.74, 6) is -0.0411. The van der Waals surface area contributed by atoms with Gasteiger partial charge in [-0.2, -0.15) is 5.10 Å². The molecule has 5 nitrogen and oxygen atoms in total. The average Bonchev–Trinajstić information content (AvgIpc) is 3.10. The lowest BCUT2D eigenvalue weighted by Crippen LogP contribution is -2.24. The number of rotatable bonds is 4. The monoisotopic (exact) mass is 287 g/mol. The summed E-state index contributed by atoms with van der Waals surface area (Å²) in [5, 5.41) is 3.99. The molecular formula is C14H13N3O2S. The minimum absolute atomic E-state index is 0.0411. The second-order valence-electron chi connectivity index (χ2n) is 4.43. The molecule has 0 saturated heterocycles. The van der Waals surface area contributed by atoms with Crippen molar-refractivity contribution in [2.45, 2.75) is 19.9 Å². The van der Waals surface area contributed by atoms with Crippen molar-refractivity contribution in [3.8, 4) is 0 Å². The van der Waals surface area contributed by atoms with E-state index in [1.807, 2.05) is 12.1 Å². The molecule has 0 aliphatic rings. The molecule has 3 aromatic heterocycles. The van der Waals surface area contributed by atoms with Crippen LogP contribution >= 0.6 is 11.3 Å². The van der Waals surface area contributed by atoms with Crippen LogP contribution in [0.3, 0.4) is 0 Å². The number of carbonyl (C=O) groups is 1. The van der Waals surface area contributed by atoms with E-state index >= 15 is 0 Å². The molecule has 20 heavy (non-hydrogen) atoms. The molecule has 0 unspecified atom stereocenters. The number of carbonyl (C=O) groups excluding carboxylic acids is 1. The molecule has 0 N–H and O–H groups in total. The van der Waals surface area contributed by atoms with Gasteiger partial charge in [0.05, 0.1) is 17.6 Å². The summed E-state index contributed by atoms with van der Waals surface area (Å²) in [6, 6.07) is 5.43. The van der Waals surface area contributed by atoms with Crippen molar-refractivity contribution in [1.29, 1.82) is 0 Å². The normalized spacial score (nSPS) is 11.1. The van der Waals surface area contributed by atoms with E-state index in [1.165, 1.54) is 25.3 Å². The highest BCUT2D eigenvalue weighted by Gasteiger charge is 2.11. The molecular weight excluding hydrogens is 274 g/mol. The smallest absolute Gasteiger partial charge is 0.276 e. The number of hydrogen-bond acceptors (Lipinski definition) is 4. The average molecular weight is 287 g/mol. The van der Waals surface area contributed by atoms with Gasteiger partial charge in [0, 0.05) is 17.3 Å². The Bertz CT molecular complexity index is 828. The zero-order chi connectivity index (χ0) is 14.1. The molecule has 0 aliphatic carbocycles. The fourth-order valence-corrected chi connectivity index (χ4v) is 2.91. The molecule has 0 aromatic carbocycles. The Morgan fingerprint density at radius 3 is 2.90 bits per heavy atom. The summed E-state index contributed by atoms with van der Waals surface area (Å²) in [4.78, 5) is 26.2. The van der Waals surface area contributed by atoms with Crippen molar-refractivity contribution in [1.82, 2.24) is 14.2 Å². The van der Waals surface area contributed by atoms with Gasteiger partial charge in [0.2, 0.25) is 0 Å². The first-order valence-corrected chi connectivity index (χ1v) is 7.15. The number of ketones is 1. The second-order valence-corrected chi connectivity index (χ2v) is 5.60. The Labute approximate surface area is 119 Å². The van der Waals surface area contributed by atoms with Crippen molar-refractivity contribution < 1.29 is 4.79 Å². The fourth-order valence-electron chi connectivity index (χ4n) is 2.04. The molecule has 3 heterocycles. The van der Waals surface area contributed by atoms with Gasteiger partial charge in [-0.25, -0.2) is 4.52 Å². The van der Waals surface area contributed by atoms with Crippen LogP contribution in [0.2, 0.25) is 0 Å². The van der Waals surface area contributed by atoms with E-state index in [0.717, 1.165) is 6.42 Å². The molecule has 0 aliphatic heterocycles. The second kappa shape index (κ2) is 5.05. The van der Waals surface area contributed by atoms with E-state index < -0.39 is 0 Å². The number of nitrogens with zero attached hydrogens (tertiary/aromatic N) is 3. The van der Waals surface area contributed by atoms with E-state index in [0.29, 0.717) is 10.4 Å². The quantitative estimate of drug-likeness (QED) is 0.690. The van der Waals surface area contributed by atoms with E-state index in [2.05, 4.69) is 12.0 Å². The van der Waals surface area contributed by atoms with Crippen molar-refractivity contribution in [3.63, 3.8) is 0 Å². The summed E-state index contributed by atoms with van der Waals surface area (Å²) in [6.07, 6.45) is 5.75. The largest absolute Gasteiger partial charge is 0.304 e. The van der Waals surface area contributed by atoms with Crippen LogP contribution in [0, 0.1) is 0 Å². The topological polar surface area (TPSA) is 56.4 Å². The number of fused-ring (bicyclic) bond motifs is 1. The van der Waals surface area contributed by atoms with E-state index in [4.69, 9.17) is 0 Å². The molecule has 0 radical (unpaired) electrons. The molecule has 0 bridgehead atoms. The Morgan fingerprint density at radius 2 is 2.15 bits per heavy atom. The summed E-state index contributed by atoms with van der Waals surface area (Å²) >= 11 is 1.49. The van der Waals surface area contributed by atoms with Gasteiger partial charge in [0.25, 0.3) is 5.56 Å². The lowest BCUT2D eigenvalue weighted by molar-refractivity contribution is 0.0975. The van der Waals surface area contributed by atoms with Gasteiger partial charge in [0.1, 0.15) is 5.52 Å². The van der Waals surface area contributed by atoms with Crippen molar-refractivity contribution in [2.75, 3.05) is 0 Å². The summed E-state index contributed by atoms with van der Waals surface area (Å²) in [6.45, 7) is 2.11. The molecule has 3 aromatic rings. The molecule has 6 heteroatoms. The van der Waals surface area contributed by atoms with Crippen molar-refractivity contribution in [2.24, 2.45) is 0 Å². The zero-order valence-electron chi connectivity index (χ0n) is 10.9. The highest BCUT2D eigenvalue weighted by atomic mass is 32.1. The maximum absolute atomic E-state index is 12.2. The van der Waals surface area contributed by atoms with Crippen molar-refractivity contribution in [3.05, 3.63) is 56.9 Å². The molecule has 0 spiro atoms. The number of thiophene rings is 1. The van der Waals surface area contributed by atoms with Crippen LogP contribution in [0.15, 0.2) is 41.6 Å². The Balaban J connectivity index is 1.90. The highest BCUT2D eigenvalue weighted by Crippen LogP contribution is 2.17. The Morgan fingerprint density at radius 1 is 1.30 bits per heavy atom. The molecule has 102 valence electrons. The van der Waals surface area contributed by atoms with Gasteiger partial charge in [-0.3, -0.25) is 9.59 Å². The number of Topliss-reactive ketones (excluding diaryl/α,β-unsaturated/α-hetero) is 1. The van der Waals surface area contributed by atoms with E-state index in [1.54, 1.807) is 24.7 Å². The maximum atomic E-state index is 12.2. The first-order chi connectivity index (χ1) is 9.69. The predicted molar refractivity (Wildman–Crippen MR) is 77.5 cm³/mol. The van der Waals surface area contributed by atoms with E-state index in [-0.39, 0.29) is 17.9 Å². The minimum atomic E-state index is -0.203. The number of aromatic nitrogens is 3. The third-order valence-electron chi connectivity index (χ3n) is 3.14. The number of aryl methyl sites for hydroxylation is 1. The zero-order valence-corrected chi connectivity index (χ0v) is 11.8. The predicted octanol–water partition coefficient (Wildman–Crippen LogP) is 2.00. The fraction of sp³-hybridized carbons (Fsp3) is 0.214. The van der Waals surface area contributed by atoms with Gasteiger partial charge in [0.15, 0.2) is 5.78 Å². The van der Waals surface area contributed by atoms with Crippen LogP contribution in [0.5, 0.6) is 0 Å².